The van der Waals surface area contributed by atoms with Crippen LogP contribution in [0.2, 0.25) is 26.2 Å². The van der Waals surface area contributed by atoms with E-state index >= 15 is 0 Å². The zero-order valence-corrected chi connectivity index (χ0v) is 16.4. The van der Waals surface area contributed by atoms with Crippen molar-refractivity contribution in [1.29, 1.82) is 0 Å². The molecule has 0 radical (unpaired) electrons. The van der Waals surface area contributed by atoms with Crippen LogP contribution in [-0.2, 0) is 0 Å². The fraction of sp³-hybridized carbons (Fsp3) is 0.333. The summed E-state index contributed by atoms with van der Waals surface area (Å²) < 4.78 is 0. The summed E-state index contributed by atoms with van der Waals surface area (Å²) >= 11 is 0. The molecule has 2 rings (SSSR count). The third-order valence-corrected chi connectivity index (χ3v) is 7.15. The van der Waals surface area contributed by atoms with Gasteiger partial charge in [-0.1, -0.05) is 48.7 Å². The van der Waals surface area contributed by atoms with Crippen molar-refractivity contribution in [3.8, 4) is 0 Å². The van der Waals surface area contributed by atoms with Crippen LogP contribution in [0.5, 0.6) is 0 Å². The van der Waals surface area contributed by atoms with Gasteiger partial charge < -0.3 is 5.32 Å². The minimum atomic E-state index is -0.762. The summed E-state index contributed by atoms with van der Waals surface area (Å²) in [5.74, 6) is 0. The maximum Gasteiger partial charge on any atom is 0.0648 e. The van der Waals surface area contributed by atoms with Gasteiger partial charge in [0, 0.05) is 11.4 Å². The van der Waals surface area contributed by atoms with E-state index < -0.39 is 17.6 Å². The first kappa shape index (κ1) is 16.1. The van der Waals surface area contributed by atoms with Crippen LogP contribution in [0, 0.1) is 13.8 Å². The molecule has 0 bridgehead atoms. The molecule has 0 fully saturated rings. The standard InChI is InChI=1S/C18H27NSi2/c1-13-7-15(11-17(9-13)20(3)4)19-16-8-14(2)10-18(12-16)21(5)6/h7-12,19-21H,1-6H3. The Labute approximate surface area is 132 Å². The van der Waals surface area contributed by atoms with E-state index in [-0.39, 0.29) is 0 Å². The Hall–Kier alpha value is -1.33. The third kappa shape index (κ3) is 4.32. The molecular weight excluding hydrogens is 286 g/mol. The van der Waals surface area contributed by atoms with E-state index in [1.807, 2.05) is 0 Å². The summed E-state index contributed by atoms with van der Waals surface area (Å²) in [5.41, 5.74) is 5.16. The van der Waals surface area contributed by atoms with Gasteiger partial charge in [-0.2, -0.15) is 0 Å². The quantitative estimate of drug-likeness (QED) is 0.853. The van der Waals surface area contributed by atoms with E-state index in [2.05, 4.69) is 81.8 Å². The number of aryl methyl sites for hydroxylation is 2. The highest BCUT2D eigenvalue weighted by Crippen LogP contribution is 2.18. The molecule has 0 aromatic heterocycles. The zero-order valence-electron chi connectivity index (χ0n) is 14.1. The SMILES string of the molecule is Cc1cc(Nc2cc(C)cc([SiH](C)C)c2)cc([SiH](C)C)c1. The van der Waals surface area contributed by atoms with Gasteiger partial charge in [0.1, 0.15) is 0 Å². The number of rotatable bonds is 4. The van der Waals surface area contributed by atoms with Crippen LogP contribution in [0.3, 0.4) is 0 Å². The minimum Gasteiger partial charge on any atom is -0.356 e. The molecular formula is C18H27NSi2. The third-order valence-electron chi connectivity index (χ3n) is 3.82. The molecule has 0 aliphatic rings. The molecule has 0 aliphatic carbocycles. The lowest BCUT2D eigenvalue weighted by Gasteiger charge is -2.14. The molecule has 1 nitrogen and oxygen atoms in total. The van der Waals surface area contributed by atoms with Crippen molar-refractivity contribution in [3.63, 3.8) is 0 Å². The number of nitrogens with one attached hydrogen (secondary N) is 1. The van der Waals surface area contributed by atoms with Crippen LogP contribution in [0.4, 0.5) is 11.4 Å². The maximum atomic E-state index is 3.62. The highest BCUT2D eigenvalue weighted by atomic mass is 28.3. The van der Waals surface area contributed by atoms with Crippen molar-refractivity contribution < 1.29 is 0 Å². The first-order valence-corrected chi connectivity index (χ1v) is 13.6. The molecule has 112 valence electrons. The van der Waals surface area contributed by atoms with Gasteiger partial charge in [-0.05, 0) is 49.2 Å². The summed E-state index contributed by atoms with van der Waals surface area (Å²) in [7, 11) is -1.52. The van der Waals surface area contributed by atoms with E-state index in [9.17, 15) is 0 Å². The van der Waals surface area contributed by atoms with Crippen molar-refractivity contribution in [3.05, 3.63) is 47.5 Å². The van der Waals surface area contributed by atoms with Crippen molar-refractivity contribution in [1.82, 2.24) is 0 Å². The molecule has 2 aromatic rings. The van der Waals surface area contributed by atoms with Gasteiger partial charge in [0.25, 0.3) is 0 Å². The highest BCUT2D eigenvalue weighted by Gasteiger charge is 2.06. The molecule has 0 atom stereocenters. The van der Waals surface area contributed by atoms with Crippen molar-refractivity contribution in [2.45, 2.75) is 40.0 Å². The van der Waals surface area contributed by atoms with E-state index in [4.69, 9.17) is 0 Å². The lowest BCUT2D eigenvalue weighted by molar-refractivity contribution is 1.44. The van der Waals surface area contributed by atoms with Gasteiger partial charge in [-0.25, -0.2) is 0 Å². The van der Waals surface area contributed by atoms with Crippen LogP contribution < -0.4 is 15.7 Å². The van der Waals surface area contributed by atoms with Gasteiger partial charge >= 0.3 is 0 Å². The van der Waals surface area contributed by atoms with Gasteiger partial charge in [0.15, 0.2) is 0 Å². The molecule has 0 amide bonds. The fourth-order valence-electron chi connectivity index (χ4n) is 2.60. The van der Waals surface area contributed by atoms with Crippen LogP contribution >= 0.6 is 0 Å². The zero-order chi connectivity index (χ0) is 15.6. The molecule has 1 N–H and O–H groups in total. The van der Waals surface area contributed by atoms with E-state index in [0.717, 1.165) is 0 Å². The summed E-state index contributed by atoms with van der Waals surface area (Å²) in [4.78, 5) is 0. The second-order valence-corrected chi connectivity index (χ2v) is 12.7. The van der Waals surface area contributed by atoms with Crippen molar-refractivity contribution >= 4 is 39.3 Å². The van der Waals surface area contributed by atoms with E-state index in [0.29, 0.717) is 0 Å². The minimum absolute atomic E-state index is 0.762. The number of benzene rings is 2. The van der Waals surface area contributed by atoms with Gasteiger partial charge in [0.2, 0.25) is 0 Å². The summed E-state index contributed by atoms with van der Waals surface area (Å²) in [6.45, 7) is 13.9. The monoisotopic (exact) mass is 313 g/mol. The molecule has 0 saturated carbocycles. The number of hydrogen-bond acceptors (Lipinski definition) is 1. The number of anilines is 2. The average molecular weight is 314 g/mol. The normalized spacial score (nSPS) is 11.2. The smallest absolute Gasteiger partial charge is 0.0648 e. The van der Waals surface area contributed by atoms with Crippen LogP contribution in [0.25, 0.3) is 0 Å². The van der Waals surface area contributed by atoms with Gasteiger partial charge in [0.05, 0.1) is 17.6 Å². The lowest BCUT2D eigenvalue weighted by atomic mass is 10.2. The summed E-state index contributed by atoms with van der Waals surface area (Å²) in [6.07, 6.45) is 0. The second kappa shape index (κ2) is 6.62. The Morgan fingerprint density at radius 3 is 1.33 bits per heavy atom. The van der Waals surface area contributed by atoms with Gasteiger partial charge in [-0.3, -0.25) is 0 Å². The Morgan fingerprint density at radius 1 is 0.619 bits per heavy atom. The Bertz CT molecular complexity index is 578. The second-order valence-electron chi connectivity index (χ2n) is 6.70. The Morgan fingerprint density at radius 2 is 1.00 bits per heavy atom. The maximum absolute atomic E-state index is 3.62. The van der Waals surface area contributed by atoms with Crippen LogP contribution in [0.15, 0.2) is 36.4 Å². The summed E-state index contributed by atoms with van der Waals surface area (Å²) in [5, 5.41) is 6.68. The van der Waals surface area contributed by atoms with Crippen molar-refractivity contribution in [2.75, 3.05) is 5.32 Å². The first-order valence-electron chi connectivity index (χ1n) is 7.85. The Balaban J connectivity index is 2.34. The molecule has 0 spiro atoms. The van der Waals surface area contributed by atoms with Gasteiger partial charge in [-0.15, -0.1) is 0 Å². The molecule has 2 aromatic carbocycles. The largest absolute Gasteiger partial charge is 0.356 e. The van der Waals surface area contributed by atoms with E-state index in [1.54, 1.807) is 0 Å². The molecule has 0 saturated heterocycles. The lowest BCUT2D eigenvalue weighted by Crippen LogP contribution is -2.24. The predicted octanol–water partition coefficient (Wildman–Crippen LogP) is 3.43. The van der Waals surface area contributed by atoms with Crippen molar-refractivity contribution in [2.24, 2.45) is 0 Å². The Kier molecular flexibility index (Phi) is 5.06. The van der Waals surface area contributed by atoms with Crippen LogP contribution in [0.1, 0.15) is 11.1 Å². The van der Waals surface area contributed by atoms with Crippen LogP contribution in [-0.4, -0.2) is 17.6 Å². The number of hydrogen-bond donors (Lipinski definition) is 1. The average Bonchev–Trinajstić information content (AvgIpc) is 2.37. The van der Waals surface area contributed by atoms with E-state index in [1.165, 1.54) is 32.9 Å². The molecule has 0 heterocycles. The molecule has 21 heavy (non-hydrogen) atoms. The predicted molar refractivity (Wildman–Crippen MR) is 103 cm³/mol. The molecule has 0 aliphatic heterocycles. The fourth-order valence-corrected chi connectivity index (χ4v) is 4.82. The molecule has 0 unspecified atom stereocenters. The summed E-state index contributed by atoms with van der Waals surface area (Å²) in [6, 6.07) is 13.8. The first-order chi connectivity index (χ1) is 9.85. The molecule has 3 heteroatoms. The topological polar surface area (TPSA) is 12.0 Å². The highest BCUT2D eigenvalue weighted by molar-refractivity contribution is 6.71.